The van der Waals surface area contributed by atoms with Gasteiger partial charge in [0.2, 0.25) is 0 Å². The number of rotatable bonds is 6. The zero-order valence-corrected chi connectivity index (χ0v) is 26.6. The molecule has 0 bridgehead atoms. The third kappa shape index (κ3) is 5.81. The first-order chi connectivity index (χ1) is 22.3. The predicted octanol–water partition coefficient (Wildman–Crippen LogP) is 9.63. The van der Waals surface area contributed by atoms with E-state index in [4.69, 9.17) is 4.74 Å². The molecule has 4 heterocycles. The Kier molecular flexibility index (Phi) is 8.16. The van der Waals surface area contributed by atoms with Gasteiger partial charge in [-0.15, -0.1) is 23.3 Å². The Bertz CT molecular complexity index is 2150. The Hall–Kier alpha value is -5.51. The van der Waals surface area contributed by atoms with Crippen LogP contribution >= 0.6 is 0 Å². The van der Waals surface area contributed by atoms with E-state index in [1.807, 2.05) is 97.3 Å². The van der Waals surface area contributed by atoms with Crippen molar-refractivity contribution in [2.75, 3.05) is 0 Å². The molecule has 0 aliphatic carbocycles. The van der Waals surface area contributed by atoms with Crippen LogP contribution in [0, 0.1) is 12.1 Å². The second-order valence-corrected chi connectivity index (χ2v) is 10.6. The summed E-state index contributed by atoms with van der Waals surface area (Å²) >= 11 is 0. The minimum absolute atomic E-state index is 0. The van der Waals surface area contributed by atoms with Gasteiger partial charge in [-0.2, -0.15) is 0 Å². The van der Waals surface area contributed by atoms with Crippen molar-refractivity contribution in [1.29, 1.82) is 0 Å². The van der Waals surface area contributed by atoms with Crippen LogP contribution in [0.3, 0.4) is 0 Å². The molecule has 8 rings (SSSR count). The summed E-state index contributed by atoms with van der Waals surface area (Å²) in [4.78, 5) is 18.7. The van der Waals surface area contributed by atoms with Gasteiger partial charge in [-0.05, 0) is 67.6 Å². The van der Waals surface area contributed by atoms with Crippen LogP contribution in [-0.4, -0.2) is 19.9 Å². The molecule has 6 heteroatoms. The summed E-state index contributed by atoms with van der Waals surface area (Å²) in [5.41, 5.74) is 9.06. The van der Waals surface area contributed by atoms with Gasteiger partial charge in [-0.25, -0.2) is 0 Å². The molecule has 0 unspecified atom stereocenters. The van der Waals surface area contributed by atoms with Crippen molar-refractivity contribution >= 4 is 21.8 Å². The van der Waals surface area contributed by atoms with Gasteiger partial charge in [0, 0.05) is 24.8 Å². The molecule has 4 aromatic carbocycles. The molecule has 0 amide bonds. The van der Waals surface area contributed by atoms with Crippen molar-refractivity contribution in [3.05, 3.63) is 158 Å². The van der Waals surface area contributed by atoms with Gasteiger partial charge < -0.3 is 14.7 Å². The summed E-state index contributed by atoms with van der Waals surface area (Å²) in [6, 6.07) is 47.4. The fraction of sp³-hybridized carbons (Fsp3) is 0. The number of pyridine rings is 4. The zero-order chi connectivity index (χ0) is 30.0. The van der Waals surface area contributed by atoms with Crippen LogP contribution in [0.25, 0.3) is 66.6 Å². The van der Waals surface area contributed by atoms with Crippen molar-refractivity contribution in [3.63, 3.8) is 0 Å². The largest absolute Gasteiger partial charge is 2.00 e. The second kappa shape index (κ2) is 12.8. The Balaban J connectivity index is 0.00000338. The summed E-state index contributed by atoms with van der Waals surface area (Å²) in [5, 5.41) is 1.67. The van der Waals surface area contributed by atoms with E-state index in [2.05, 4.69) is 68.5 Å². The van der Waals surface area contributed by atoms with Crippen molar-refractivity contribution in [2.24, 2.45) is 0 Å². The Morgan fingerprint density at radius 3 is 1.33 bits per heavy atom. The summed E-state index contributed by atoms with van der Waals surface area (Å²) in [6.07, 6.45) is 7.20. The van der Waals surface area contributed by atoms with E-state index in [1.54, 1.807) is 12.4 Å². The molecule has 0 radical (unpaired) electrons. The fourth-order valence-corrected chi connectivity index (χ4v) is 5.49. The maximum absolute atomic E-state index is 6.71. The van der Waals surface area contributed by atoms with Crippen LogP contribution in [0.5, 0.6) is 11.5 Å². The molecule has 0 aliphatic rings. The number of fused-ring (bicyclic) bond motifs is 2. The first kappa shape index (κ1) is 29.2. The van der Waals surface area contributed by atoms with E-state index >= 15 is 0 Å². The molecular formula is C40H24N4OPt. The van der Waals surface area contributed by atoms with E-state index in [0.717, 1.165) is 66.6 Å². The van der Waals surface area contributed by atoms with Crippen LogP contribution in [0.15, 0.2) is 146 Å². The van der Waals surface area contributed by atoms with E-state index in [1.165, 1.54) is 0 Å². The average molecular weight is 772 g/mol. The summed E-state index contributed by atoms with van der Waals surface area (Å²) in [6.45, 7) is 0. The monoisotopic (exact) mass is 771 g/mol. The van der Waals surface area contributed by atoms with E-state index < -0.39 is 0 Å². The smallest absolute Gasteiger partial charge is 0.495 e. The topological polar surface area (TPSA) is 60.8 Å². The Morgan fingerprint density at radius 1 is 0.413 bits per heavy atom. The Morgan fingerprint density at radius 2 is 0.870 bits per heavy atom. The molecule has 0 fully saturated rings. The number of nitrogens with zero attached hydrogens (tertiary/aromatic N) is 4. The van der Waals surface area contributed by atoms with Crippen LogP contribution < -0.4 is 4.74 Å². The van der Waals surface area contributed by atoms with Crippen LogP contribution in [0.4, 0.5) is 0 Å². The van der Waals surface area contributed by atoms with Gasteiger partial charge in [-0.1, -0.05) is 109 Å². The molecule has 0 N–H and O–H groups in total. The third-order valence-electron chi connectivity index (χ3n) is 7.71. The fourth-order valence-electron chi connectivity index (χ4n) is 5.49. The van der Waals surface area contributed by atoms with Crippen LogP contribution in [-0.2, 0) is 21.1 Å². The van der Waals surface area contributed by atoms with Gasteiger partial charge in [0.15, 0.2) is 0 Å². The van der Waals surface area contributed by atoms with Gasteiger partial charge in [0.05, 0.1) is 11.5 Å². The quantitative estimate of drug-likeness (QED) is 0.158. The van der Waals surface area contributed by atoms with E-state index in [9.17, 15) is 0 Å². The van der Waals surface area contributed by atoms with E-state index in [0.29, 0.717) is 11.5 Å². The first-order valence-corrected chi connectivity index (χ1v) is 14.6. The number of hydrogen-bond donors (Lipinski definition) is 0. The molecule has 220 valence electrons. The molecule has 0 spiro atoms. The molecule has 0 saturated carbocycles. The average Bonchev–Trinajstić information content (AvgIpc) is 3.12. The number of aromatic nitrogens is 4. The first-order valence-electron chi connectivity index (χ1n) is 14.6. The van der Waals surface area contributed by atoms with E-state index in [-0.39, 0.29) is 21.1 Å². The number of hydrogen-bond acceptors (Lipinski definition) is 5. The van der Waals surface area contributed by atoms with Gasteiger partial charge in [-0.3, -0.25) is 9.97 Å². The molecule has 0 aliphatic heterocycles. The minimum atomic E-state index is 0. The van der Waals surface area contributed by atoms with Gasteiger partial charge in [0.1, 0.15) is 0 Å². The summed E-state index contributed by atoms with van der Waals surface area (Å²) < 4.78 is 6.71. The number of benzene rings is 4. The molecule has 46 heavy (non-hydrogen) atoms. The molecule has 0 atom stereocenters. The molecule has 4 aromatic heterocycles. The van der Waals surface area contributed by atoms with Gasteiger partial charge >= 0.3 is 21.1 Å². The Labute approximate surface area is 280 Å². The maximum Gasteiger partial charge on any atom is 2.00 e. The molecular weight excluding hydrogens is 748 g/mol. The predicted molar refractivity (Wildman–Crippen MR) is 179 cm³/mol. The van der Waals surface area contributed by atoms with Gasteiger partial charge in [0.25, 0.3) is 0 Å². The molecule has 5 nitrogen and oxygen atoms in total. The standard InChI is InChI=1S/C40H24N4O.Pt/c1-3-9-27(10-4-1)29-15-19-43-35(21-29)31-23-37-33(13-7-17-41-37)39(25-31)45-40-26-32(24-38-34(40)14-8-18-42-38)36-22-30(16-20-44-36)28-11-5-2-6-12-28;/h1-24H;/q-2;+2. The molecule has 0 saturated heterocycles. The zero-order valence-electron chi connectivity index (χ0n) is 24.4. The van der Waals surface area contributed by atoms with Crippen molar-refractivity contribution < 1.29 is 25.8 Å². The van der Waals surface area contributed by atoms with Crippen molar-refractivity contribution in [3.8, 4) is 56.3 Å². The van der Waals surface area contributed by atoms with Crippen molar-refractivity contribution in [2.45, 2.75) is 0 Å². The third-order valence-corrected chi connectivity index (χ3v) is 7.71. The normalized spacial score (nSPS) is 10.9. The van der Waals surface area contributed by atoms with Crippen LogP contribution in [0.1, 0.15) is 0 Å². The summed E-state index contributed by atoms with van der Waals surface area (Å²) in [5.74, 6) is 1.07. The second-order valence-electron chi connectivity index (χ2n) is 10.6. The maximum atomic E-state index is 6.71. The van der Waals surface area contributed by atoms with Crippen LogP contribution in [0.2, 0.25) is 0 Å². The summed E-state index contributed by atoms with van der Waals surface area (Å²) in [7, 11) is 0. The van der Waals surface area contributed by atoms with Crippen molar-refractivity contribution in [1.82, 2.24) is 19.9 Å². The SMILES string of the molecule is [Pt+2].[c-]1c(-c2cc(-c3ccccc3)ccn2)cc2ncccc2c1Oc1[c-]c(-c2cc(-c3ccccc3)ccn2)cc2ncccc12. The number of ether oxygens (including phenoxy) is 1. The molecule has 8 aromatic rings. The minimum Gasteiger partial charge on any atom is -0.495 e.